The van der Waals surface area contributed by atoms with Gasteiger partial charge >= 0.3 is 6.18 Å². The van der Waals surface area contributed by atoms with Crippen molar-refractivity contribution in [2.75, 3.05) is 13.1 Å². The quantitative estimate of drug-likeness (QED) is 0.840. The van der Waals surface area contributed by atoms with Crippen LogP contribution in [0.5, 0.6) is 0 Å². The van der Waals surface area contributed by atoms with Gasteiger partial charge in [-0.3, -0.25) is 4.79 Å². The van der Waals surface area contributed by atoms with Crippen LogP contribution in [-0.4, -0.2) is 36.1 Å². The summed E-state index contributed by atoms with van der Waals surface area (Å²) in [5.74, 6) is -0.322. The van der Waals surface area contributed by atoms with Crippen LogP contribution in [0, 0.1) is 0 Å². The van der Waals surface area contributed by atoms with Crippen LogP contribution in [0.3, 0.4) is 0 Å². The predicted molar refractivity (Wildman–Crippen MR) is 75.7 cm³/mol. The molecular weight excluding hydrogens is 281 g/mol. The number of benzene rings is 1. The van der Waals surface area contributed by atoms with Crippen molar-refractivity contribution >= 4 is 5.91 Å². The van der Waals surface area contributed by atoms with Crippen LogP contribution in [-0.2, 0) is 11.3 Å². The molecule has 1 atom stereocenters. The Morgan fingerprint density at radius 2 is 1.90 bits per heavy atom. The molecule has 0 saturated heterocycles. The number of alkyl halides is 3. The summed E-state index contributed by atoms with van der Waals surface area (Å²) in [6.07, 6.45) is -3.56. The first kappa shape index (κ1) is 17.5. The van der Waals surface area contributed by atoms with Gasteiger partial charge in [-0.2, -0.15) is 13.2 Å². The average Bonchev–Trinajstić information content (AvgIpc) is 2.43. The number of halogens is 3. The summed E-state index contributed by atoms with van der Waals surface area (Å²) in [5.41, 5.74) is 0.960. The molecule has 0 aliphatic heterocycles. The molecule has 0 fully saturated rings. The minimum absolute atomic E-state index is 0.0228. The standard InChI is InChI=1S/C15H21F3N2O/c1-3-12(2)20(10-13-7-5-4-6-8-13)14(21)9-19-11-15(16,17)18/h4-8,12,19H,3,9-11H2,1-2H3. The van der Waals surface area contributed by atoms with E-state index in [0.717, 1.165) is 12.0 Å². The Balaban J connectivity index is 2.62. The summed E-state index contributed by atoms with van der Waals surface area (Å²) < 4.78 is 36.3. The van der Waals surface area contributed by atoms with E-state index in [1.807, 2.05) is 44.2 Å². The number of amides is 1. The maximum atomic E-state index is 12.1. The zero-order chi connectivity index (χ0) is 15.9. The van der Waals surface area contributed by atoms with Gasteiger partial charge in [-0.1, -0.05) is 37.3 Å². The largest absolute Gasteiger partial charge is 0.401 e. The molecular formula is C15H21F3N2O. The van der Waals surface area contributed by atoms with Crippen LogP contribution >= 0.6 is 0 Å². The van der Waals surface area contributed by atoms with E-state index in [-0.39, 0.29) is 18.5 Å². The Labute approximate surface area is 123 Å². The van der Waals surface area contributed by atoms with E-state index in [1.54, 1.807) is 4.90 Å². The van der Waals surface area contributed by atoms with Crippen molar-refractivity contribution in [1.29, 1.82) is 0 Å². The Morgan fingerprint density at radius 3 is 2.43 bits per heavy atom. The SMILES string of the molecule is CCC(C)N(Cc1ccccc1)C(=O)CNCC(F)(F)F. The fourth-order valence-corrected chi connectivity index (χ4v) is 1.90. The minimum Gasteiger partial charge on any atom is -0.335 e. The number of carbonyl (C=O) groups is 1. The van der Waals surface area contributed by atoms with Crippen molar-refractivity contribution in [3.05, 3.63) is 35.9 Å². The molecule has 0 bridgehead atoms. The number of hydrogen-bond acceptors (Lipinski definition) is 2. The highest BCUT2D eigenvalue weighted by atomic mass is 19.4. The summed E-state index contributed by atoms with van der Waals surface area (Å²) in [6, 6.07) is 9.39. The van der Waals surface area contributed by atoms with E-state index in [2.05, 4.69) is 5.32 Å². The third-order valence-electron chi connectivity index (χ3n) is 3.24. The second-order valence-corrected chi connectivity index (χ2v) is 4.98. The van der Waals surface area contributed by atoms with Crippen molar-refractivity contribution in [2.24, 2.45) is 0 Å². The first-order valence-corrected chi connectivity index (χ1v) is 6.94. The summed E-state index contributed by atoms with van der Waals surface area (Å²) in [5, 5.41) is 2.15. The van der Waals surface area contributed by atoms with E-state index in [4.69, 9.17) is 0 Å². The van der Waals surface area contributed by atoms with E-state index in [0.29, 0.717) is 6.54 Å². The van der Waals surface area contributed by atoms with Crippen LogP contribution in [0.25, 0.3) is 0 Å². The summed E-state index contributed by atoms with van der Waals surface area (Å²) in [4.78, 5) is 13.7. The van der Waals surface area contributed by atoms with Gasteiger partial charge in [-0.25, -0.2) is 0 Å². The third kappa shape index (κ3) is 6.62. The monoisotopic (exact) mass is 302 g/mol. The maximum absolute atomic E-state index is 12.1. The molecule has 1 aromatic rings. The van der Waals surface area contributed by atoms with Crippen LogP contribution < -0.4 is 5.32 Å². The normalized spacial score (nSPS) is 13.0. The van der Waals surface area contributed by atoms with Crippen molar-refractivity contribution in [2.45, 2.75) is 39.0 Å². The zero-order valence-electron chi connectivity index (χ0n) is 12.3. The first-order chi connectivity index (χ1) is 9.83. The fraction of sp³-hybridized carbons (Fsp3) is 0.533. The van der Waals surface area contributed by atoms with Gasteiger partial charge in [-0.05, 0) is 18.9 Å². The van der Waals surface area contributed by atoms with Gasteiger partial charge in [0.2, 0.25) is 5.91 Å². The summed E-state index contributed by atoms with van der Waals surface area (Å²) in [7, 11) is 0. The van der Waals surface area contributed by atoms with Gasteiger partial charge in [0.15, 0.2) is 0 Å². The molecule has 0 aliphatic carbocycles. The molecule has 0 spiro atoms. The second-order valence-electron chi connectivity index (χ2n) is 4.98. The lowest BCUT2D eigenvalue weighted by Gasteiger charge is -2.29. The Morgan fingerprint density at radius 1 is 1.29 bits per heavy atom. The number of carbonyl (C=O) groups excluding carboxylic acids is 1. The molecule has 0 aromatic heterocycles. The molecule has 3 nitrogen and oxygen atoms in total. The number of nitrogens with zero attached hydrogens (tertiary/aromatic N) is 1. The fourth-order valence-electron chi connectivity index (χ4n) is 1.90. The zero-order valence-corrected chi connectivity index (χ0v) is 12.3. The lowest BCUT2D eigenvalue weighted by atomic mass is 10.1. The average molecular weight is 302 g/mol. The molecule has 6 heteroatoms. The molecule has 21 heavy (non-hydrogen) atoms. The van der Waals surface area contributed by atoms with Gasteiger partial charge in [-0.15, -0.1) is 0 Å². The first-order valence-electron chi connectivity index (χ1n) is 6.94. The molecule has 0 aliphatic rings. The number of hydrogen-bond donors (Lipinski definition) is 1. The molecule has 0 saturated carbocycles. The van der Waals surface area contributed by atoms with Crippen molar-refractivity contribution in [3.8, 4) is 0 Å². The lowest BCUT2D eigenvalue weighted by Crippen LogP contribution is -2.44. The molecule has 118 valence electrons. The lowest BCUT2D eigenvalue weighted by molar-refractivity contribution is -0.136. The van der Waals surface area contributed by atoms with Gasteiger partial charge in [0.05, 0.1) is 13.1 Å². The van der Waals surface area contributed by atoms with Crippen LogP contribution in [0.1, 0.15) is 25.8 Å². The summed E-state index contributed by atoms with van der Waals surface area (Å²) in [6.45, 7) is 2.78. The molecule has 0 heterocycles. The number of rotatable bonds is 7. The molecule has 1 unspecified atom stereocenters. The maximum Gasteiger partial charge on any atom is 0.401 e. The Kier molecular flexibility index (Phi) is 6.68. The van der Waals surface area contributed by atoms with E-state index in [1.165, 1.54) is 0 Å². The molecule has 1 N–H and O–H groups in total. The highest BCUT2D eigenvalue weighted by Gasteiger charge is 2.27. The van der Waals surface area contributed by atoms with Crippen molar-refractivity contribution < 1.29 is 18.0 Å². The Bertz CT molecular complexity index is 434. The molecule has 1 amide bonds. The van der Waals surface area contributed by atoms with Gasteiger partial charge in [0.1, 0.15) is 0 Å². The highest BCUT2D eigenvalue weighted by Crippen LogP contribution is 2.13. The highest BCUT2D eigenvalue weighted by molar-refractivity contribution is 5.78. The molecule has 1 rings (SSSR count). The third-order valence-corrected chi connectivity index (χ3v) is 3.24. The minimum atomic E-state index is -4.30. The van der Waals surface area contributed by atoms with Crippen LogP contribution in [0.15, 0.2) is 30.3 Å². The van der Waals surface area contributed by atoms with Gasteiger partial charge in [0, 0.05) is 12.6 Å². The predicted octanol–water partition coefficient (Wildman–Crippen LogP) is 2.97. The van der Waals surface area contributed by atoms with Crippen LogP contribution in [0.2, 0.25) is 0 Å². The smallest absolute Gasteiger partial charge is 0.335 e. The molecule has 0 radical (unpaired) electrons. The topological polar surface area (TPSA) is 32.3 Å². The Hall–Kier alpha value is -1.56. The van der Waals surface area contributed by atoms with E-state index in [9.17, 15) is 18.0 Å². The summed E-state index contributed by atoms with van der Waals surface area (Å²) >= 11 is 0. The molecule has 1 aromatic carbocycles. The van der Waals surface area contributed by atoms with Gasteiger partial charge in [0.25, 0.3) is 0 Å². The number of nitrogens with one attached hydrogen (secondary N) is 1. The second kappa shape index (κ2) is 8.02. The van der Waals surface area contributed by atoms with Crippen molar-refractivity contribution in [1.82, 2.24) is 10.2 Å². The van der Waals surface area contributed by atoms with Crippen molar-refractivity contribution in [3.63, 3.8) is 0 Å². The van der Waals surface area contributed by atoms with Gasteiger partial charge < -0.3 is 10.2 Å². The van der Waals surface area contributed by atoms with E-state index < -0.39 is 12.7 Å². The van der Waals surface area contributed by atoms with Crippen LogP contribution in [0.4, 0.5) is 13.2 Å². The van der Waals surface area contributed by atoms with E-state index >= 15 is 0 Å².